The van der Waals surface area contributed by atoms with Gasteiger partial charge in [0.25, 0.3) is 5.56 Å². The molecule has 4 heteroatoms. The first-order valence-corrected chi connectivity index (χ1v) is 7.10. The van der Waals surface area contributed by atoms with E-state index in [1.165, 1.54) is 0 Å². The molecule has 2 atom stereocenters. The summed E-state index contributed by atoms with van der Waals surface area (Å²) in [6.07, 6.45) is 8.46. The van der Waals surface area contributed by atoms with Gasteiger partial charge in [-0.05, 0) is 42.5 Å². The number of hydrogen-bond acceptors (Lipinski definition) is 3. The lowest BCUT2D eigenvalue weighted by molar-refractivity contribution is 0.397. The number of pyridine rings is 1. The Balaban J connectivity index is 1.59. The maximum atomic E-state index is 11.7. The molecule has 0 aliphatic carbocycles. The number of aromatic amines is 1. The Kier molecular flexibility index (Phi) is 2.63. The lowest BCUT2D eigenvalue weighted by atomic mass is 9.98. The smallest absolute Gasteiger partial charge is 0.255 e. The summed E-state index contributed by atoms with van der Waals surface area (Å²) in [6.45, 7) is 0. The summed E-state index contributed by atoms with van der Waals surface area (Å²) in [5.41, 5.74) is 1.06. The standard InChI is InChI=1S/C16H17N3O/c20-16-15-4-3-11(7-10(15)5-6-17-16)19-14-8-12-1-2-13(9-14)18-12/h1-7,12-14,18-19H,8-9H2,(H,17,20). The molecule has 4 nitrogen and oxygen atoms in total. The molecule has 3 heterocycles. The van der Waals surface area contributed by atoms with Gasteiger partial charge in [-0.25, -0.2) is 0 Å². The molecule has 2 aromatic rings. The highest BCUT2D eigenvalue weighted by Crippen LogP contribution is 2.25. The van der Waals surface area contributed by atoms with E-state index in [2.05, 4.69) is 33.8 Å². The van der Waals surface area contributed by atoms with Crippen LogP contribution < -0.4 is 16.2 Å². The predicted molar refractivity (Wildman–Crippen MR) is 81.1 cm³/mol. The summed E-state index contributed by atoms with van der Waals surface area (Å²) in [5.74, 6) is 0. The van der Waals surface area contributed by atoms with Crippen LogP contribution in [0.15, 0.2) is 47.4 Å². The Morgan fingerprint density at radius 2 is 1.90 bits per heavy atom. The average Bonchev–Trinajstić information content (AvgIpc) is 2.78. The van der Waals surface area contributed by atoms with Crippen molar-refractivity contribution in [3.63, 3.8) is 0 Å². The van der Waals surface area contributed by atoms with Crippen molar-refractivity contribution in [1.82, 2.24) is 10.3 Å². The van der Waals surface area contributed by atoms with E-state index in [0.717, 1.165) is 29.3 Å². The van der Waals surface area contributed by atoms with Crippen LogP contribution in [0.5, 0.6) is 0 Å². The number of H-pyrrole nitrogens is 1. The first-order chi connectivity index (χ1) is 9.78. The minimum Gasteiger partial charge on any atom is -0.382 e. The number of hydrogen-bond donors (Lipinski definition) is 3. The first kappa shape index (κ1) is 11.7. The van der Waals surface area contributed by atoms with Crippen LogP contribution in [0.4, 0.5) is 5.69 Å². The molecule has 0 saturated carbocycles. The Hall–Kier alpha value is -2.07. The zero-order valence-corrected chi connectivity index (χ0v) is 11.1. The third-order valence-electron chi connectivity index (χ3n) is 4.23. The number of anilines is 1. The van der Waals surface area contributed by atoms with Crippen molar-refractivity contribution >= 4 is 16.5 Å². The Labute approximate surface area is 116 Å². The van der Waals surface area contributed by atoms with Crippen LogP contribution in [-0.2, 0) is 0 Å². The summed E-state index contributed by atoms with van der Waals surface area (Å²) < 4.78 is 0. The van der Waals surface area contributed by atoms with Gasteiger partial charge in [-0.15, -0.1) is 0 Å². The molecule has 102 valence electrons. The summed E-state index contributed by atoms with van der Waals surface area (Å²) in [6, 6.07) is 9.39. The van der Waals surface area contributed by atoms with E-state index in [1.54, 1.807) is 6.20 Å². The van der Waals surface area contributed by atoms with Crippen molar-refractivity contribution in [3.05, 3.63) is 53.0 Å². The Morgan fingerprint density at radius 3 is 2.70 bits per heavy atom. The van der Waals surface area contributed by atoms with E-state index < -0.39 is 0 Å². The highest BCUT2D eigenvalue weighted by Gasteiger charge is 2.29. The second-order valence-electron chi connectivity index (χ2n) is 5.69. The van der Waals surface area contributed by atoms with E-state index in [4.69, 9.17) is 0 Å². The van der Waals surface area contributed by atoms with Gasteiger partial charge in [-0.1, -0.05) is 12.2 Å². The van der Waals surface area contributed by atoms with Crippen molar-refractivity contribution in [3.8, 4) is 0 Å². The third kappa shape index (κ3) is 2.02. The van der Waals surface area contributed by atoms with Gasteiger partial charge in [-0.3, -0.25) is 4.79 Å². The molecule has 2 unspecified atom stereocenters. The zero-order valence-electron chi connectivity index (χ0n) is 11.1. The minimum atomic E-state index is -0.0295. The summed E-state index contributed by atoms with van der Waals surface area (Å²) >= 11 is 0. The molecule has 2 bridgehead atoms. The third-order valence-corrected chi connectivity index (χ3v) is 4.23. The van der Waals surface area contributed by atoms with Crippen molar-refractivity contribution in [2.75, 3.05) is 5.32 Å². The van der Waals surface area contributed by atoms with E-state index >= 15 is 0 Å². The normalized spacial score (nSPS) is 27.9. The minimum absolute atomic E-state index is 0.0295. The lowest BCUT2D eigenvalue weighted by Crippen LogP contribution is -2.44. The highest BCUT2D eigenvalue weighted by molar-refractivity contribution is 5.84. The van der Waals surface area contributed by atoms with E-state index in [-0.39, 0.29) is 5.56 Å². The average molecular weight is 267 g/mol. The van der Waals surface area contributed by atoms with E-state index in [9.17, 15) is 4.79 Å². The molecule has 1 fully saturated rings. The first-order valence-electron chi connectivity index (χ1n) is 7.10. The van der Waals surface area contributed by atoms with Gasteiger partial charge < -0.3 is 15.6 Å². The van der Waals surface area contributed by atoms with Crippen molar-refractivity contribution in [2.24, 2.45) is 0 Å². The second kappa shape index (κ2) is 4.49. The van der Waals surface area contributed by atoms with Crippen molar-refractivity contribution < 1.29 is 0 Å². The molecule has 4 rings (SSSR count). The molecular formula is C16H17N3O. The Morgan fingerprint density at radius 1 is 1.10 bits per heavy atom. The van der Waals surface area contributed by atoms with Crippen LogP contribution in [-0.4, -0.2) is 23.1 Å². The molecule has 1 aromatic carbocycles. The lowest BCUT2D eigenvalue weighted by Gasteiger charge is -2.30. The molecule has 0 amide bonds. The second-order valence-corrected chi connectivity index (χ2v) is 5.69. The van der Waals surface area contributed by atoms with E-state index in [1.807, 2.05) is 18.2 Å². The largest absolute Gasteiger partial charge is 0.382 e. The zero-order chi connectivity index (χ0) is 13.5. The van der Waals surface area contributed by atoms with Crippen LogP contribution in [0.25, 0.3) is 10.8 Å². The van der Waals surface area contributed by atoms with Gasteiger partial charge in [-0.2, -0.15) is 0 Å². The fourth-order valence-corrected chi connectivity index (χ4v) is 3.29. The predicted octanol–water partition coefficient (Wildman–Crippen LogP) is 2.00. The van der Waals surface area contributed by atoms with Crippen LogP contribution in [0.1, 0.15) is 12.8 Å². The van der Waals surface area contributed by atoms with Gasteiger partial charge >= 0.3 is 0 Å². The molecule has 20 heavy (non-hydrogen) atoms. The van der Waals surface area contributed by atoms with Crippen LogP contribution in [0.2, 0.25) is 0 Å². The Bertz CT molecular complexity index is 720. The maximum Gasteiger partial charge on any atom is 0.255 e. The van der Waals surface area contributed by atoms with Gasteiger partial charge in [0.2, 0.25) is 0 Å². The molecule has 1 saturated heterocycles. The molecule has 0 radical (unpaired) electrons. The molecule has 3 N–H and O–H groups in total. The summed E-state index contributed by atoms with van der Waals surface area (Å²) in [4.78, 5) is 14.4. The number of nitrogens with one attached hydrogen (secondary N) is 3. The number of fused-ring (bicyclic) bond motifs is 3. The van der Waals surface area contributed by atoms with Crippen LogP contribution in [0, 0.1) is 0 Å². The monoisotopic (exact) mass is 267 g/mol. The van der Waals surface area contributed by atoms with Gasteiger partial charge in [0, 0.05) is 35.4 Å². The number of benzene rings is 1. The molecule has 2 aliphatic heterocycles. The molecule has 0 spiro atoms. The topological polar surface area (TPSA) is 56.9 Å². The molecular weight excluding hydrogens is 250 g/mol. The van der Waals surface area contributed by atoms with Crippen LogP contribution >= 0.6 is 0 Å². The quantitative estimate of drug-likeness (QED) is 0.729. The SMILES string of the molecule is O=c1[nH]ccc2cc(NC3CC4C=CC(C3)N4)ccc12. The fourth-order valence-electron chi connectivity index (χ4n) is 3.29. The fraction of sp³-hybridized carbons (Fsp3) is 0.312. The van der Waals surface area contributed by atoms with Crippen LogP contribution in [0.3, 0.4) is 0 Å². The number of piperidine rings is 1. The molecule has 2 aliphatic rings. The molecule has 1 aromatic heterocycles. The summed E-state index contributed by atoms with van der Waals surface area (Å²) in [7, 11) is 0. The maximum absolute atomic E-state index is 11.7. The van der Waals surface area contributed by atoms with E-state index in [0.29, 0.717) is 18.1 Å². The van der Waals surface area contributed by atoms with Crippen molar-refractivity contribution in [2.45, 2.75) is 31.0 Å². The van der Waals surface area contributed by atoms with Gasteiger partial charge in [0.1, 0.15) is 0 Å². The van der Waals surface area contributed by atoms with Gasteiger partial charge in [0.05, 0.1) is 0 Å². The van der Waals surface area contributed by atoms with Crippen molar-refractivity contribution in [1.29, 1.82) is 0 Å². The summed E-state index contributed by atoms with van der Waals surface area (Å²) in [5, 5.41) is 8.87. The number of rotatable bonds is 2. The number of aromatic nitrogens is 1. The van der Waals surface area contributed by atoms with Gasteiger partial charge in [0.15, 0.2) is 0 Å². The highest BCUT2D eigenvalue weighted by atomic mass is 16.1.